The van der Waals surface area contributed by atoms with E-state index in [9.17, 15) is 0 Å². The Morgan fingerprint density at radius 1 is 1.14 bits per heavy atom. The van der Waals surface area contributed by atoms with Crippen LogP contribution < -0.4 is 15.2 Å². The number of benzene rings is 2. The Morgan fingerprint density at radius 2 is 1.90 bits per heavy atom. The predicted molar refractivity (Wildman–Crippen MR) is 86.5 cm³/mol. The molecule has 0 bridgehead atoms. The van der Waals surface area contributed by atoms with E-state index >= 15 is 0 Å². The molecule has 112 valence electrons. The maximum Gasteiger partial charge on any atom is 0.131 e. The van der Waals surface area contributed by atoms with E-state index in [2.05, 4.69) is 0 Å². The summed E-state index contributed by atoms with van der Waals surface area (Å²) in [6, 6.07) is 13.2. The summed E-state index contributed by atoms with van der Waals surface area (Å²) in [4.78, 5) is 0. The standard InChI is InChI=1S/C17H20ClNO2/c1-3-20-15-5-4-6-16(11-15)21-17-8-7-14(18)10-13(17)9-12(2)19/h4-8,10-12H,3,9,19H2,1-2H3. The fraction of sp³-hybridized carbons (Fsp3) is 0.294. The van der Waals surface area contributed by atoms with Gasteiger partial charge in [0.15, 0.2) is 0 Å². The highest BCUT2D eigenvalue weighted by Gasteiger charge is 2.09. The summed E-state index contributed by atoms with van der Waals surface area (Å²) in [6.45, 7) is 4.54. The van der Waals surface area contributed by atoms with Crippen LogP contribution in [-0.4, -0.2) is 12.6 Å². The summed E-state index contributed by atoms with van der Waals surface area (Å²) in [6.07, 6.45) is 0.709. The number of hydrogen-bond donors (Lipinski definition) is 1. The molecule has 0 aromatic heterocycles. The lowest BCUT2D eigenvalue weighted by atomic mass is 10.1. The molecule has 2 N–H and O–H groups in total. The van der Waals surface area contributed by atoms with E-state index < -0.39 is 0 Å². The second kappa shape index (κ2) is 7.34. The van der Waals surface area contributed by atoms with Crippen LogP contribution in [0.1, 0.15) is 19.4 Å². The summed E-state index contributed by atoms with van der Waals surface area (Å²) in [5.41, 5.74) is 6.88. The number of rotatable bonds is 6. The van der Waals surface area contributed by atoms with Crippen LogP contribution in [0, 0.1) is 0 Å². The second-order valence-electron chi connectivity index (χ2n) is 4.94. The number of halogens is 1. The van der Waals surface area contributed by atoms with Gasteiger partial charge in [-0.25, -0.2) is 0 Å². The quantitative estimate of drug-likeness (QED) is 0.859. The molecule has 2 aromatic carbocycles. The van der Waals surface area contributed by atoms with Crippen LogP contribution in [-0.2, 0) is 6.42 Å². The lowest BCUT2D eigenvalue weighted by Gasteiger charge is -2.14. The third-order valence-electron chi connectivity index (χ3n) is 2.91. The van der Waals surface area contributed by atoms with Crippen molar-refractivity contribution in [1.29, 1.82) is 0 Å². The zero-order valence-corrected chi connectivity index (χ0v) is 13.1. The van der Waals surface area contributed by atoms with E-state index in [1.165, 1.54) is 0 Å². The summed E-state index contributed by atoms with van der Waals surface area (Å²) in [7, 11) is 0. The van der Waals surface area contributed by atoms with Crippen molar-refractivity contribution in [3.63, 3.8) is 0 Å². The Morgan fingerprint density at radius 3 is 2.62 bits per heavy atom. The number of ether oxygens (including phenoxy) is 2. The van der Waals surface area contributed by atoms with Gasteiger partial charge in [-0.3, -0.25) is 0 Å². The molecule has 0 aliphatic rings. The first-order valence-electron chi connectivity index (χ1n) is 7.03. The van der Waals surface area contributed by atoms with Gasteiger partial charge in [-0.15, -0.1) is 0 Å². The van der Waals surface area contributed by atoms with E-state index in [4.69, 9.17) is 26.8 Å². The topological polar surface area (TPSA) is 44.5 Å². The first-order valence-corrected chi connectivity index (χ1v) is 7.41. The molecule has 0 radical (unpaired) electrons. The van der Waals surface area contributed by atoms with Crippen molar-refractivity contribution in [3.05, 3.63) is 53.1 Å². The van der Waals surface area contributed by atoms with Crippen molar-refractivity contribution in [2.75, 3.05) is 6.61 Å². The van der Waals surface area contributed by atoms with Gasteiger partial charge in [-0.1, -0.05) is 17.7 Å². The van der Waals surface area contributed by atoms with Crippen LogP contribution in [0.3, 0.4) is 0 Å². The molecule has 21 heavy (non-hydrogen) atoms. The Hall–Kier alpha value is -1.71. The van der Waals surface area contributed by atoms with E-state index in [0.29, 0.717) is 18.1 Å². The van der Waals surface area contributed by atoms with Gasteiger partial charge in [-0.05, 0) is 56.2 Å². The molecule has 2 aromatic rings. The van der Waals surface area contributed by atoms with Crippen LogP contribution >= 0.6 is 11.6 Å². The first kappa shape index (κ1) is 15.7. The summed E-state index contributed by atoms with van der Waals surface area (Å²) < 4.78 is 11.4. The van der Waals surface area contributed by atoms with Crippen LogP contribution in [0.25, 0.3) is 0 Å². The van der Waals surface area contributed by atoms with Gasteiger partial charge in [0.05, 0.1) is 6.61 Å². The number of hydrogen-bond acceptors (Lipinski definition) is 3. The largest absolute Gasteiger partial charge is 0.494 e. The Kier molecular flexibility index (Phi) is 5.48. The average Bonchev–Trinajstić information content (AvgIpc) is 2.42. The fourth-order valence-electron chi connectivity index (χ4n) is 2.08. The zero-order chi connectivity index (χ0) is 15.2. The Balaban J connectivity index is 2.24. The summed E-state index contributed by atoms with van der Waals surface area (Å²) in [5.74, 6) is 2.29. The molecule has 0 saturated carbocycles. The molecule has 0 heterocycles. The molecule has 4 heteroatoms. The maximum absolute atomic E-state index is 6.05. The van der Waals surface area contributed by atoms with Gasteiger partial charge >= 0.3 is 0 Å². The first-order chi connectivity index (χ1) is 10.1. The molecule has 0 saturated heterocycles. The number of nitrogens with two attached hydrogens (primary N) is 1. The molecular weight excluding hydrogens is 286 g/mol. The zero-order valence-electron chi connectivity index (χ0n) is 12.3. The lowest BCUT2D eigenvalue weighted by molar-refractivity contribution is 0.338. The average molecular weight is 306 g/mol. The molecular formula is C17H20ClNO2. The third kappa shape index (κ3) is 4.66. The minimum absolute atomic E-state index is 0.0422. The van der Waals surface area contributed by atoms with Crippen molar-refractivity contribution < 1.29 is 9.47 Å². The van der Waals surface area contributed by atoms with Crippen molar-refractivity contribution in [2.24, 2.45) is 5.73 Å². The maximum atomic E-state index is 6.05. The summed E-state index contributed by atoms with van der Waals surface area (Å²) >= 11 is 6.05. The lowest BCUT2D eigenvalue weighted by Crippen LogP contribution is -2.18. The molecule has 1 unspecified atom stereocenters. The highest BCUT2D eigenvalue weighted by molar-refractivity contribution is 6.30. The SMILES string of the molecule is CCOc1cccc(Oc2ccc(Cl)cc2CC(C)N)c1. The molecule has 0 aliphatic heterocycles. The van der Waals surface area contributed by atoms with E-state index in [-0.39, 0.29) is 6.04 Å². The minimum atomic E-state index is 0.0422. The van der Waals surface area contributed by atoms with Gasteiger partial charge in [0, 0.05) is 17.1 Å². The fourth-order valence-corrected chi connectivity index (χ4v) is 2.27. The molecule has 0 spiro atoms. The second-order valence-corrected chi connectivity index (χ2v) is 5.38. The molecule has 2 rings (SSSR count). The van der Waals surface area contributed by atoms with E-state index in [0.717, 1.165) is 22.8 Å². The molecule has 0 amide bonds. The normalized spacial score (nSPS) is 12.0. The van der Waals surface area contributed by atoms with Gasteiger partial charge in [-0.2, -0.15) is 0 Å². The van der Waals surface area contributed by atoms with Crippen molar-refractivity contribution in [3.8, 4) is 17.2 Å². The van der Waals surface area contributed by atoms with Crippen LogP contribution in [0.15, 0.2) is 42.5 Å². The van der Waals surface area contributed by atoms with Crippen molar-refractivity contribution >= 4 is 11.6 Å². The smallest absolute Gasteiger partial charge is 0.131 e. The Bertz CT molecular complexity index is 599. The van der Waals surface area contributed by atoms with Crippen LogP contribution in [0.2, 0.25) is 5.02 Å². The van der Waals surface area contributed by atoms with Crippen molar-refractivity contribution in [1.82, 2.24) is 0 Å². The molecule has 0 aliphatic carbocycles. The van der Waals surface area contributed by atoms with Gasteiger partial charge in [0.1, 0.15) is 17.2 Å². The minimum Gasteiger partial charge on any atom is -0.494 e. The third-order valence-corrected chi connectivity index (χ3v) is 3.14. The van der Waals surface area contributed by atoms with E-state index in [1.54, 1.807) is 0 Å². The highest BCUT2D eigenvalue weighted by atomic mass is 35.5. The van der Waals surface area contributed by atoms with E-state index in [1.807, 2.05) is 56.3 Å². The summed E-state index contributed by atoms with van der Waals surface area (Å²) in [5, 5.41) is 0.682. The molecule has 0 fully saturated rings. The van der Waals surface area contributed by atoms with Gasteiger partial charge in [0.25, 0.3) is 0 Å². The van der Waals surface area contributed by atoms with Gasteiger partial charge < -0.3 is 15.2 Å². The van der Waals surface area contributed by atoms with Crippen LogP contribution in [0.4, 0.5) is 0 Å². The molecule has 1 atom stereocenters. The van der Waals surface area contributed by atoms with Gasteiger partial charge in [0.2, 0.25) is 0 Å². The predicted octanol–water partition coefficient (Wildman–Crippen LogP) is 4.42. The Labute approximate surface area is 130 Å². The van der Waals surface area contributed by atoms with Crippen LogP contribution in [0.5, 0.6) is 17.2 Å². The highest BCUT2D eigenvalue weighted by Crippen LogP contribution is 2.30. The van der Waals surface area contributed by atoms with Crippen molar-refractivity contribution in [2.45, 2.75) is 26.3 Å². The monoisotopic (exact) mass is 305 g/mol. The molecule has 3 nitrogen and oxygen atoms in total.